The van der Waals surface area contributed by atoms with Gasteiger partial charge in [-0.05, 0) is 0 Å². The summed E-state index contributed by atoms with van der Waals surface area (Å²) >= 11 is 0. The Labute approximate surface area is 213 Å². The highest BCUT2D eigenvalue weighted by Gasteiger charge is 2.58. The maximum atomic E-state index is 15.7. The van der Waals surface area contributed by atoms with Crippen LogP contribution in [0.25, 0.3) is 5.83 Å². The average molecular weight is 618 g/mol. The third-order valence-electron chi connectivity index (χ3n) is 5.43. The molecule has 0 heterocycles. The quantitative estimate of drug-likeness (QED) is 0.135. The number of fused-ring (bicyclic) bond motifs is 1. The minimum absolute atomic E-state index is 2.44. The first kappa shape index (κ1) is 30.0. The molecule has 1 aliphatic carbocycles. The molecule has 0 N–H and O–H groups in total. The lowest BCUT2D eigenvalue weighted by atomic mass is 9.76. The molecule has 1 atom stereocenters. The van der Waals surface area contributed by atoms with Crippen LogP contribution in [0.4, 0.5) is 74.6 Å². The van der Waals surface area contributed by atoms with Crippen molar-refractivity contribution in [2.45, 2.75) is 5.85 Å². The van der Waals surface area contributed by atoms with Gasteiger partial charge in [-0.3, -0.25) is 0 Å². The molecule has 1 aliphatic rings. The Morgan fingerprint density at radius 2 is 0.805 bits per heavy atom. The van der Waals surface area contributed by atoms with E-state index in [0.29, 0.717) is 0 Å². The molecule has 2 nitrogen and oxygen atoms in total. The van der Waals surface area contributed by atoms with E-state index < -0.39 is 128 Å². The van der Waals surface area contributed by atoms with E-state index in [0.717, 1.165) is 0 Å². The Balaban J connectivity index is 2.04. The summed E-state index contributed by atoms with van der Waals surface area (Å²) in [4.78, 5) is 0. The fourth-order valence-electron chi connectivity index (χ4n) is 3.52. The van der Waals surface area contributed by atoms with Crippen molar-refractivity contribution >= 4 is 18.4 Å². The van der Waals surface area contributed by atoms with Crippen LogP contribution in [0, 0.1) is 81.4 Å². The first-order chi connectivity index (χ1) is 18.9. The molecule has 0 aliphatic heterocycles. The van der Waals surface area contributed by atoms with Gasteiger partial charge in [0.05, 0.1) is 16.6 Å². The highest BCUT2D eigenvalue weighted by molar-refractivity contribution is 6.62. The van der Waals surface area contributed by atoms with Crippen LogP contribution >= 0.6 is 0 Å². The van der Waals surface area contributed by atoms with E-state index in [1.165, 1.54) is 0 Å². The van der Waals surface area contributed by atoms with Gasteiger partial charge in [-0.1, -0.05) is 0 Å². The molecular weight excluding hydrogens is 618 g/mol. The van der Waals surface area contributed by atoms with Gasteiger partial charge in [0.1, 0.15) is 0 Å². The number of benzene rings is 3. The monoisotopic (exact) mass is 618 g/mol. The van der Waals surface area contributed by atoms with Crippen molar-refractivity contribution in [2.24, 2.45) is 0 Å². The van der Waals surface area contributed by atoms with Gasteiger partial charge in [0.15, 0.2) is 63.9 Å². The summed E-state index contributed by atoms with van der Waals surface area (Å²) in [5.74, 6) is -56.4. The zero-order valence-corrected chi connectivity index (χ0v) is 18.3. The number of rotatable bonds is 5. The Hall–Kier alpha value is -3.97. The molecule has 1 unspecified atom stereocenters. The molecule has 0 spiro atoms. The second-order valence-corrected chi connectivity index (χ2v) is 7.68. The average Bonchev–Trinajstić information content (AvgIpc) is 3.13. The summed E-state index contributed by atoms with van der Waals surface area (Å²) in [7, 11) is -4.20. The maximum Gasteiger partial charge on any atom is 0.572 e. The van der Waals surface area contributed by atoms with Crippen molar-refractivity contribution in [1.82, 2.24) is 0 Å². The van der Waals surface area contributed by atoms with E-state index in [1.807, 2.05) is 0 Å². The summed E-state index contributed by atoms with van der Waals surface area (Å²) in [6.45, 7) is 0. The summed E-state index contributed by atoms with van der Waals surface area (Å²) < 4.78 is 247. The highest BCUT2D eigenvalue weighted by Crippen LogP contribution is 2.53. The lowest BCUT2D eigenvalue weighted by molar-refractivity contribution is -0.0624. The van der Waals surface area contributed by atoms with Crippen molar-refractivity contribution in [3.63, 3.8) is 0 Å². The van der Waals surface area contributed by atoms with Gasteiger partial charge in [-0.2, -0.15) is 13.2 Å². The SMILES string of the molecule is FC1=C(F)C(F)(OB(Oc2c(F)c(F)c(F)c(F)c2F)c2c(F)c(F)c(F)c(F)c2F)c2c(F)c(F)c(F)c(F)c21. The zero-order valence-electron chi connectivity index (χ0n) is 18.3. The highest BCUT2D eigenvalue weighted by atomic mass is 19.2. The topological polar surface area (TPSA) is 18.5 Å². The van der Waals surface area contributed by atoms with E-state index in [1.54, 1.807) is 0 Å². The summed E-state index contributed by atoms with van der Waals surface area (Å²) in [5, 5.41) is 0. The lowest BCUT2D eigenvalue weighted by Gasteiger charge is -2.27. The van der Waals surface area contributed by atoms with Gasteiger partial charge < -0.3 is 9.31 Å². The Kier molecular flexibility index (Phi) is 7.20. The van der Waals surface area contributed by atoms with Crippen molar-refractivity contribution in [2.75, 3.05) is 0 Å². The predicted octanol–water partition coefficient (Wildman–Crippen LogP) is 6.87. The molecule has 3 aromatic carbocycles. The Bertz CT molecular complexity index is 1630. The molecule has 0 saturated carbocycles. The van der Waals surface area contributed by atoms with Gasteiger partial charge in [0.2, 0.25) is 34.9 Å². The number of hydrogen-bond donors (Lipinski definition) is 0. The van der Waals surface area contributed by atoms with Gasteiger partial charge >= 0.3 is 7.12 Å². The van der Waals surface area contributed by atoms with Crippen LogP contribution in [-0.4, -0.2) is 7.12 Å². The van der Waals surface area contributed by atoms with Crippen molar-refractivity contribution in [3.05, 3.63) is 98.4 Å². The Morgan fingerprint density at radius 3 is 1.27 bits per heavy atom. The van der Waals surface area contributed by atoms with E-state index in [4.69, 9.17) is 0 Å². The lowest BCUT2D eigenvalue weighted by Crippen LogP contribution is -2.50. The molecule has 4 rings (SSSR count). The van der Waals surface area contributed by atoms with Crippen LogP contribution in [0.3, 0.4) is 0 Å². The second-order valence-electron chi connectivity index (χ2n) is 7.68. The fraction of sp³-hybridized carbons (Fsp3) is 0.0476. The summed E-state index contributed by atoms with van der Waals surface area (Å²) in [6, 6.07) is 0. The Morgan fingerprint density at radius 1 is 0.439 bits per heavy atom. The summed E-state index contributed by atoms with van der Waals surface area (Å²) in [5.41, 5.74) is -7.87. The van der Waals surface area contributed by atoms with Crippen LogP contribution in [-0.2, 0) is 10.5 Å². The van der Waals surface area contributed by atoms with Gasteiger partial charge in [-0.15, -0.1) is 0 Å². The number of hydrogen-bond acceptors (Lipinski definition) is 2. The van der Waals surface area contributed by atoms with Gasteiger partial charge in [0.25, 0.3) is 5.85 Å². The number of alkyl halides is 1. The third-order valence-corrected chi connectivity index (χ3v) is 5.43. The first-order valence-corrected chi connectivity index (χ1v) is 9.88. The molecule has 20 heteroatoms. The standard InChI is InChI=1S/C21BF17O2/c23-4-1-2(6(25)10(29)9(4)28)21(39,20(38)5(1)24)41-22(3-7(26)11(30)13(32)12(31)8(3)27)40-19-17(36)15(34)14(33)16(35)18(19)37. The predicted molar refractivity (Wildman–Crippen MR) is 97.8 cm³/mol. The zero-order chi connectivity index (χ0) is 31.0. The molecule has 0 fully saturated rings. The van der Waals surface area contributed by atoms with Crippen LogP contribution in [0.2, 0.25) is 0 Å². The first-order valence-electron chi connectivity index (χ1n) is 9.88. The normalized spacial score (nSPS) is 16.5. The van der Waals surface area contributed by atoms with Crippen molar-refractivity contribution < 1.29 is 83.9 Å². The molecule has 0 bridgehead atoms. The van der Waals surface area contributed by atoms with Crippen molar-refractivity contribution in [1.29, 1.82) is 0 Å². The van der Waals surface area contributed by atoms with Gasteiger partial charge in [0, 0.05) is 0 Å². The fourth-order valence-corrected chi connectivity index (χ4v) is 3.52. The van der Waals surface area contributed by atoms with E-state index >= 15 is 4.39 Å². The number of halogens is 17. The van der Waals surface area contributed by atoms with Crippen LogP contribution < -0.4 is 10.1 Å². The molecular formula is C21BF17O2. The summed E-state index contributed by atoms with van der Waals surface area (Å²) in [6.07, 6.45) is 0. The molecule has 0 saturated heterocycles. The molecule has 0 amide bonds. The van der Waals surface area contributed by atoms with Crippen LogP contribution in [0.1, 0.15) is 11.1 Å². The van der Waals surface area contributed by atoms with Gasteiger partial charge in [-0.25, -0.2) is 61.5 Å². The van der Waals surface area contributed by atoms with Crippen LogP contribution in [0.5, 0.6) is 5.75 Å². The van der Waals surface area contributed by atoms with E-state index in [-0.39, 0.29) is 0 Å². The minimum Gasteiger partial charge on any atom is -0.528 e. The maximum absolute atomic E-state index is 15.7. The van der Waals surface area contributed by atoms with Crippen LogP contribution in [0.15, 0.2) is 5.83 Å². The third kappa shape index (κ3) is 4.09. The molecule has 0 radical (unpaired) electrons. The molecule has 3 aromatic rings. The van der Waals surface area contributed by atoms with E-state index in [2.05, 4.69) is 9.31 Å². The van der Waals surface area contributed by atoms with E-state index in [9.17, 15) is 70.2 Å². The van der Waals surface area contributed by atoms with Crippen molar-refractivity contribution in [3.8, 4) is 5.75 Å². The largest absolute Gasteiger partial charge is 0.572 e. The second kappa shape index (κ2) is 9.84. The molecule has 41 heavy (non-hydrogen) atoms. The minimum atomic E-state index is -5.37. The molecule has 218 valence electrons. The molecule has 0 aromatic heterocycles. The smallest absolute Gasteiger partial charge is 0.528 e.